The second kappa shape index (κ2) is 9.06. The van der Waals surface area contributed by atoms with Gasteiger partial charge in [-0.05, 0) is 25.1 Å². The number of nitrogens with two attached hydrogens (primary N) is 2. The van der Waals surface area contributed by atoms with Crippen LogP contribution in [-0.4, -0.2) is 53.2 Å². The number of benzene rings is 1. The molecule has 0 atom stereocenters. The Labute approximate surface area is 127 Å². The number of guanidine groups is 1. The number of likely N-dealkylation sites (N-methyl/N-ethyl adjacent to an activating group) is 1. The fourth-order valence-electron chi connectivity index (χ4n) is 1.21. The molecule has 0 amide bonds. The summed E-state index contributed by atoms with van der Waals surface area (Å²) in [5, 5.41) is 24.1. The van der Waals surface area contributed by atoms with Gasteiger partial charge in [0.05, 0.1) is 6.61 Å². The number of anilines is 1. The molecule has 0 spiro atoms. The van der Waals surface area contributed by atoms with Crippen molar-refractivity contribution in [2.24, 2.45) is 5.73 Å². The Bertz CT molecular complexity index is 547. The molecule has 0 aliphatic heterocycles. The van der Waals surface area contributed by atoms with Gasteiger partial charge in [-0.1, -0.05) is 0 Å². The van der Waals surface area contributed by atoms with Crippen LogP contribution in [0, 0.1) is 5.41 Å². The highest BCUT2D eigenvalue weighted by molar-refractivity contribution is 5.93. The smallest absolute Gasteiger partial charge is 0.341 e. The van der Waals surface area contributed by atoms with Gasteiger partial charge in [0.15, 0.2) is 5.96 Å². The molecule has 22 heavy (non-hydrogen) atoms. The maximum Gasteiger partial charge on any atom is 0.341 e. The van der Waals surface area contributed by atoms with E-state index in [1.165, 1.54) is 25.2 Å². The van der Waals surface area contributed by atoms with E-state index in [2.05, 4.69) is 0 Å². The van der Waals surface area contributed by atoms with Gasteiger partial charge >= 0.3 is 11.9 Å². The highest BCUT2D eigenvalue weighted by atomic mass is 16.5. The number of rotatable bonds is 4. The molecule has 122 valence electrons. The highest BCUT2D eigenvalue weighted by Gasteiger charge is 2.11. The van der Waals surface area contributed by atoms with Crippen molar-refractivity contribution in [3.05, 3.63) is 23.8 Å². The molecular weight excluding hydrogens is 292 g/mol. The van der Waals surface area contributed by atoms with Gasteiger partial charge in [-0.2, -0.15) is 0 Å². The maximum absolute atomic E-state index is 11.2. The first-order valence-corrected chi connectivity index (χ1v) is 6.21. The van der Waals surface area contributed by atoms with Crippen LogP contribution in [0.5, 0.6) is 5.75 Å². The Hall–Kier alpha value is -2.97. The quantitative estimate of drug-likeness (QED) is 0.171. The molecule has 0 fully saturated rings. The van der Waals surface area contributed by atoms with Crippen molar-refractivity contribution in [1.82, 2.24) is 4.90 Å². The van der Waals surface area contributed by atoms with E-state index in [1.54, 1.807) is 6.92 Å². The molecule has 1 rings (SSSR count). The molecule has 0 aliphatic carbocycles. The van der Waals surface area contributed by atoms with E-state index < -0.39 is 11.9 Å². The molecule has 0 unspecified atom stereocenters. The number of phenolic OH excluding ortho intramolecular Hbond substituents is 1. The molecule has 0 bridgehead atoms. The normalized spacial score (nSPS) is 9.18. The number of carboxylic acids is 1. The average molecular weight is 312 g/mol. The summed E-state index contributed by atoms with van der Waals surface area (Å²) in [5.41, 5.74) is 10.9. The van der Waals surface area contributed by atoms with Crippen LogP contribution in [0.25, 0.3) is 0 Å². The van der Waals surface area contributed by atoms with Crippen molar-refractivity contribution in [1.29, 1.82) is 5.41 Å². The van der Waals surface area contributed by atoms with Gasteiger partial charge in [-0.25, -0.2) is 4.79 Å². The summed E-state index contributed by atoms with van der Waals surface area (Å²) in [6, 6.07) is 4.26. The van der Waals surface area contributed by atoms with Crippen molar-refractivity contribution in [3.63, 3.8) is 0 Å². The molecular formula is C13H20N4O5. The summed E-state index contributed by atoms with van der Waals surface area (Å²) in [6.45, 7) is 1.74. The molecule has 9 nitrogen and oxygen atoms in total. The number of esters is 1. The molecule has 1 aromatic carbocycles. The van der Waals surface area contributed by atoms with E-state index >= 15 is 0 Å². The van der Waals surface area contributed by atoms with Gasteiger partial charge in [0.25, 0.3) is 0 Å². The zero-order valence-corrected chi connectivity index (χ0v) is 12.4. The lowest BCUT2D eigenvalue weighted by Gasteiger charge is -2.12. The lowest BCUT2D eigenvalue weighted by molar-refractivity contribution is -0.137. The van der Waals surface area contributed by atoms with Gasteiger partial charge in [0.2, 0.25) is 0 Å². The number of carbonyl (C=O) groups excluding carboxylic acids is 1. The van der Waals surface area contributed by atoms with Crippen LogP contribution in [-0.2, 0) is 9.53 Å². The monoisotopic (exact) mass is 312 g/mol. The van der Waals surface area contributed by atoms with Crippen LogP contribution in [0.2, 0.25) is 0 Å². The fraction of sp³-hybridized carbons (Fsp3) is 0.308. The van der Waals surface area contributed by atoms with E-state index in [9.17, 15) is 14.7 Å². The van der Waals surface area contributed by atoms with Gasteiger partial charge in [0, 0.05) is 12.7 Å². The Morgan fingerprint density at radius 1 is 1.41 bits per heavy atom. The molecule has 0 heterocycles. The fourth-order valence-corrected chi connectivity index (χ4v) is 1.21. The second-order valence-corrected chi connectivity index (χ2v) is 4.13. The maximum atomic E-state index is 11.2. The first-order valence-electron chi connectivity index (χ1n) is 6.21. The molecule has 1 aromatic rings. The molecule has 7 N–H and O–H groups in total. The number of nitrogens with zero attached hydrogens (tertiary/aromatic N) is 1. The Balaban J connectivity index is 0.000000433. The first-order chi connectivity index (χ1) is 10.2. The van der Waals surface area contributed by atoms with E-state index in [0.717, 1.165) is 4.90 Å². The third-order valence-corrected chi connectivity index (χ3v) is 2.30. The third-order valence-electron chi connectivity index (χ3n) is 2.30. The summed E-state index contributed by atoms with van der Waals surface area (Å²) < 4.78 is 4.71. The Morgan fingerprint density at radius 2 is 2.00 bits per heavy atom. The van der Waals surface area contributed by atoms with Gasteiger partial charge in [-0.15, -0.1) is 0 Å². The van der Waals surface area contributed by atoms with Crippen molar-refractivity contribution >= 4 is 23.6 Å². The molecule has 9 heteroatoms. The molecule has 0 aromatic heterocycles. The van der Waals surface area contributed by atoms with Crippen LogP contribution >= 0.6 is 0 Å². The summed E-state index contributed by atoms with van der Waals surface area (Å²) in [6.07, 6.45) is 0. The number of hydrogen-bond donors (Lipinski definition) is 5. The summed E-state index contributed by atoms with van der Waals surface area (Å²) in [4.78, 5) is 22.2. The van der Waals surface area contributed by atoms with Crippen LogP contribution in [0.15, 0.2) is 18.2 Å². The number of ether oxygens (including phenoxy) is 1. The number of aliphatic carboxylic acids is 1. The third kappa shape index (κ3) is 6.98. The number of phenols is 1. The number of hydrogen-bond acceptors (Lipinski definition) is 6. The van der Waals surface area contributed by atoms with Gasteiger partial charge < -0.3 is 31.3 Å². The summed E-state index contributed by atoms with van der Waals surface area (Å²) in [7, 11) is 1.44. The standard InChI is InChI=1S/C9H11NO3.C4H9N3O2/c1-2-13-9(12)7-5-6(10)3-4-8(7)11;1-7(4(5)6)2-3(8)9/h3-5,11H,2,10H2,1H3;2H2,1H3,(H3,5,6)(H,8,9). The van der Waals surface area contributed by atoms with Crippen molar-refractivity contribution in [2.45, 2.75) is 6.92 Å². The number of carbonyl (C=O) groups is 2. The van der Waals surface area contributed by atoms with E-state index in [4.69, 9.17) is 26.7 Å². The van der Waals surface area contributed by atoms with Crippen molar-refractivity contribution in [3.8, 4) is 5.75 Å². The van der Waals surface area contributed by atoms with E-state index in [0.29, 0.717) is 5.69 Å². The zero-order chi connectivity index (χ0) is 17.3. The Morgan fingerprint density at radius 3 is 2.41 bits per heavy atom. The molecule has 0 aliphatic rings. The summed E-state index contributed by atoms with van der Waals surface area (Å²) in [5.74, 6) is -1.91. The Kier molecular flexibility index (Phi) is 7.83. The average Bonchev–Trinajstić information content (AvgIpc) is 2.41. The predicted octanol–water partition coefficient (Wildman–Crippen LogP) is 0.0474. The number of nitrogens with one attached hydrogen (secondary N) is 1. The van der Waals surface area contributed by atoms with Gasteiger partial charge in [-0.3, -0.25) is 10.2 Å². The first kappa shape index (κ1) is 19.0. The minimum Gasteiger partial charge on any atom is -0.507 e. The number of aromatic hydroxyl groups is 1. The van der Waals surface area contributed by atoms with E-state index in [-0.39, 0.29) is 30.4 Å². The van der Waals surface area contributed by atoms with Crippen LogP contribution < -0.4 is 11.5 Å². The predicted molar refractivity (Wildman–Crippen MR) is 80.7 cm³/mol. The topological polar surface area (TPSA) is 163 Å². The van der Waals surface area contributed by atoms with Gasteiger partial charge in [0.1, 0.15) is 17.9 Å². The van der Waals surface area contributed by atoms with Crippen LogP contribution in [0.3, 0.4) is 0 Å². The summed E-state index contributed by atoms with van der Waals surface area (Å²) >= 11 is 0. The van der Waals surface area contributed by atoms with Crippen molar-refractivity contribution < 1.29 is 24.5 Å². The number of nitrogen functional groups attached to an aromatic ring is 1. The largest absolute Gasteiger partial charge is 0.507 e. The van der Waals surface area contributed by atoms with Crippen LogP contribution in [0.4, 0.5) is 5.69 Å². The molecule has 0 saturated carbocycles. The second-order valence-electron chi connectivity index (χ2n) is 4.13. The molecule has 0 saturated heterocycles. The van der Waals surface area contributed by atoms with Crippen LogP contribution in [0.1, 0.15) is 17.3 Å². The van der Waals surface area contributed by atoms with Crippen molar-refractivity contribution in [2.75, 3.05) is 25.9 Å². The number of carboxylic acid groups (broad SMARTS) is 1. The lowest BCUT2D eigenvalue weighted by Crippen LogP contribution is -2.36. The minimum absolute atomic E-state index is 0.0989. The zero-order valence-electron chi connectivity index (χ0n) is 12.4. The van der Waals surface area contributed by atoms with E-state index in [1.807, 2.05) is 0 Å². The lowest BCUT2D eigenvalue weighted by atomic mass is 10.2. The molecule has 0 radical (unpaired) electrons. The SMILES string of the molecule is CCOC(=O)c1cc(N)ccc1O.CN(CC(=O)O)C(=N)N. The highest BCUT2D eigenvalue weighted by Crippen LogP contribution is 2.20. The minimum atomic E-state index is -0.993.